The van der Waals surface area contributed by atoms with Crippen LogP contribution in [-0.2, 0) is 0 Å². The Kier molecular flexibility index (Phi) is 2.46. The summed E-state index contributed by atoms with van der Waals surface area (Å²) in [4.78, 5) is 6.42. The number of hydrogen-bond acceptors (Lipinski definition) is 3. The van der Waals surface area contributed by atoms with Crippen molar-refractivity contribution in [1.29, 1.82) is 0 Å². The van der Waals surface area contributed by atoms with Crippen molar-refractivity contribution in [2.24, 2.45) is 0 Å². The molecule has 1 heterocycles. The van der Waals surface area contributed by atoms with Gasteiger partial charge in [0.15, 0.2) is 0 Å². The zero-order valence-corrected chi connectivity index (χ0v) is 9.19. The average molecular weight is 202 g/mol. The molecule has 0 N–H and O–H groups in total. The topological polar surface area (TPSA) is 25.4 Å². The van der Waals surface area contributed by atoms with Gasteiger partial charge in [0, 0.05) is 31.4 Å². The maximum absolute atomic E-state index is 5.28. The molecule has 0 aliphatic heterocycles. The number of fused-ring (bicyclic) bond motifs is 1. The molecule has 0 spiro atoms. The van der Waals surface area contributed by atoms with Crippen molar-refractivity contribution in [2.45, 2.75) is 0 Å². The lowest BCUT2D eigenvalue weighted by atomic mass is 10.1. The van der Waals surface area contributed by atoms with E-state index in [1.807, 2.05) is 32.3 Å². The Morgan fingerprint density at radius 3 is 2.67 bits per heavy atom. The highest BCUT2D eigenvalue weighted by Gasteiger charge is 2.06. The van der Waals surface area contributed by atoms with Crippen molar-refractivity contribution >= 4 is 16.6 Å². The second-order valence-corrected chi connectivity index (χ2v) is 3.58. The number of anilines is 1. The molecule has 0 fully saturated rings. The molecule has 1 aromatic carbocycles. The summed E-state index contributed by atoms with van der Waals surface area (Å²) in [6.45, 7) is 0. The van der Waals surface area contributed by atoms with Gasteiger partial charge >= 0.3 is 0 Å². The number of benzene rings is 1. The van der Waals surface area contributed by atoms with Crippen LogP contribution in [0.2, 0.25) is 0 Å². The van der Waals surface area contributed by atoms with Gasteiger partial charge in [-0.2, -0.15) is 0 Å². The Morgan fingerprint density at radius 1 is 1.20 bits per heavy atom. The third-order valence-electron chi connectivity index (χ3n) is 2.41. The summed E-state index contributed by atoms with van der Waals surface area (Å²) in [5.41, 5.74) is 2.06. The molecule has 0 amide bonds. The molecule has 15 heavy (non-hydrogen) atoms. The van der Waals surface area contributed by atoms with Crippen LogP contribution < -0.4 is 9.64 Å². The van der Waals surface area contributed by atoms with Crippen molar-refractivity contribution in [3.63, 3.8) is 0 Å². The highest BCUT2D eigenvalue weighted by atomic mass is 16.5. The minimum Gasteiger partial charge on any atom is -0.494 e. The zero-order valence-electron chi connectivity index (χ0n) is 9.19. The van der Waals surface area contributed by atoms with Crippen LogP contribution in [0, 0.1) is 0 Å². The van der Waals surface area contributed by atoms with Gasteiger partial charge in [-0.05, 0) is 12.1 Å². The Hall–Kier alpha value is -1.77. The summed E-state index contributed by atoms with van der Waals surface area (Å²) in [6.07, 6.45) is 1.81. The first-order valence-corrected chi connectivity index (χ1v) is 4.83. The van der Waals surface area contributed by atoms with Crippen LogP contribution in [0.15, 0.2) is 30.5 Å². The zero-order chi connectivity index (χ0) is 10.8. The molecule has 0 aliphatic rings. The molecule has 1 aromatic heterocycles. The summed E-state index contributed by atoms with van der Waals surface area (Å²) in [5, 5.41) is 1.11. The van der Waals surface area contributed by atoms with Crippen LogP contribution in [0.1, 0.15) is 0 Å². The van der Waals surface area contributed by atoms with Crippen LogP contribution in [0.25, 0.3) is 10.9 Å². The first kappa shape index (κ1) is 9.77. The highest BCUT2D eigenvalue weighted by Crippen LogP contribution is 2.29. The van der Waals surface area contributed by atoms with Crippen LogP contribution in [-0.4, -0.2) is 26.2 Å². The molecule has 3 nitrogen and oxygen atoms in total. The van der Waals surface area contributed by atoms with Gasteiger partial charge in [0.1, 0.15) is 11.3 Å². The number of nitrogens with zero attached hydrogens (tertiary/aromatic N) is 2. The summed E-state index contributed by atoms with van der Waals surface area (Å²) in [6, 6.07) is 7.96. The van der Waals surface area contributed by atoms with Crippen LogP contribution >= 0.6 is 0 Å². The number of methoxy groups -OCH3 is 1. The Morgan fingerprint density at radius 2 is 2.00 bits per heavy atom. The molecule has 0 radical (unpaired) electrons. The van der Waals surface area contributed by atoms with Crippen LogP contribution in [0.5, 0.6) is 5.75 Å². The molecule has 0 bridgehead atoms. The van der Waals surface area contributed by atoms with Crippen molar-refractivity contribution in [2.75, 3.05) is 26.1 Å². The van der Waals surface area contributed by atoms with E-state index in [0.29, 0.717) is 0 Å². The van der Waals surface area contributed by atoms with Gasteiger partial charge in [0.05, 0.1) is 7.11 Å². The fraction of sp³-hybridized carbons (Fsp3) is 0.250. The molecule has 0 unspecified atom stereocenters. The molecule has 0 atom stereocenters. The fourth-order valence-corrected chi connectivity index (χ4v) is 1.69. The summed E-state index contributed by atoms with van der Waals surface area (Å²) in [7, 11) is 5.71. The van der Waals surface area contributed by atoms with Crippen molar-refractivity contribution in [3.05, 3.63) is 30.5 Å². The van der Waals surface area contributed by atoms with Gasteiger partial charge in [0.2, 0.25) is 0 Å². The highest BCUT2D eigenvalue weighted by molar-refractivity contribution is 5.94. The number of hydrogen-bond donors (Lipinski definition) is 0. The van der Waals surface area contributed by atoms with E-state index in [9.17, 15) is 0 Å². The molecular formula is C12H14N2O. The van der Waals surface area contributed by atoms with Gasteiger partial charge in [-0.25, -0.2) is 0 Å². The van der Waals surface area contributed by atoms with E-state index in [4.69, 9.17) is 4.74 Å². The van der Waals surface area contributed by atoms with Gasteiger partial charge in [-0.15, -0.1) is 0 Å². The van der Waals surface area contributed by atoms with Crippen molar-refractivity contribution in [3.8, 4) is 5.75 Å². The van der Waals surface area contributed by atoms with Crippen molar-refractivity contribution in [1.82, 2.24) is 4.98 Å². The lowest BCUT2D eigenvalue weighted by Crippen LogP contribution is -2.09. The minimum absolute atomic E-state index is 0.816. The Balaban J connectivity index is 2.76. The molecule has 0 aliphatic carbocycles. The van der Waals surface area contributed by atoms with E-state index < -0.39 is 0 Å². The second-order valence-electron chi connectivity index (χ2n) is 3.58. The Labute approximate surface area is 89.3 Å². The SMILES string of the molecule is COc1cccc2c(N(C)C)ccnc12. The van der Waals surface area contributed by atoms with Gasteiger partial charge in [0.25, 0.3) is 0 Å². The van der Waals surface area contributed by atoms with E-state index in [2.05, 4.69) is 16.0 Å². The maximum atomic E-state index is 5.28. The number of para-hydroxylation sites is 1. The first-order valence-electron chi connectivity index (χ1n) is 4.83. The molecule has 2 aromatic rings. The predicted molar refractivity (Wildman–Crippen MR) is 62.6 cm³/mol. The van der Waals surface area contributed by atoms with Gasteiger partial charge in [-0.1, -0.05) is 12.1 Å². The third-order valence-corrected chi connectivity index (χ3v) is 2.41. The standard InChI is InChI=1S/C12H14N2O/c1-14(2)10-7-8-13-12-9(10)5-4-6-11(12)15-3/h4-8H,1-3H3. The predicted octanol–water partition coefficient (Wildman–Crippen LogP) is 2.31. The quantitative estimate of drug-likeness (QED) is 0.747. The van der Waals surface area contributed by atoms with E-state index >= 15 is 0 Å². The fourth-order valence-electron chi connectivity index (χ4n) is 1.69. The largest absolute Gasteiger partial charge is 0.494 e. The average Bonchev–Trinajstić information content (AvgIpc) is 2.27. The normalized spacial score (nSPS) is 10.3. The number of rotatable bonds is 2. The molecular weight excluding hydrogens is 188 g/mol. The van der Waals surface area contributed by atoms with E-state index in [0.717, 1.165) is 22.3 Å². The smallest absolute Gasteiger partial charge is 0.145 e. The van der Waals surface area contributed by atoms with E-state index in [-0.39, 0.29) is 0 Å². The number of ether oxygens (including phenoxy) is 1. The third kappa shape index (κ3) is 1.61. The summed E-state index contributed by atoms with van der Waals surface area (Å²) < 4.78 is 5.28. The lowest BCUT2D eigenvalue weighted by Gasteiger charge is -2.15. The van der Waals surface area contributed by atoms with E-state index in [1.54, 1.807) is 13.3 Å². The van der Waals surface area contributed by atoms with Crippen LogP contribution in [0.3, 0.4) is 0 Å². The maximum Gasteiger partial charge on any atom is 0.145 e. The van der Waals surface area contributed by atoms with Crippen LogP contribution in [0.4, 0.5) is 5.69 Å². The minimum atomic E-state index is 0.816. The number of aromatic nitrogens is 1. The molecule has 2 rings (SSSR count). The summed E-state index contributed by atoms with van der Waals surface area (Å²) >= 11 is 0. The monoisotopic (exact) mass is 202 g/mol. The molecule has 78 valence electrons. The second kappa shape index (κ2) is 3.77. The number of pyridine rings is 1. The molecule has 0 saturated heterocycles. The first-order chi connectivity index (χ1) is 7.24. The molecule has 3 heteroatoms. The van der Waals surface area contributed by atoms with Gasteiger partial charge < -0.3 is 9.64 Å². The van der Waals surface area contributed by atoms with E-state index in [1.165, 1.54) is 0 Å². The Bertz CT molecular complexity index is 480. The molecule has 0 saturated carbocycles. The lowest BCUT2D eigenvalue weighted by molar-refractivity contribution is 0.419. The summed E-state index contributed by atoms with van der Waals surface area (Å²) in [5.74, 6) is 0.816. The van der Waals surface area contributed by atoms with Gasteiger partial charge in [-0.3, -0.25) is 4.98 Å². The van der Waals surface area contributed by atoms with Crippen molar-refractivity contribution < 1.29 is 4.74 Å².